The molecule has 0 aliphatic heterocycles. The summed E-state index contributed by atoms with van der Waals surface area (Å²) in [4.78, 5) is 23.3. The highest BCUT2D eigenvalue weighted by molar-refractivity contribution is 5.94. The van der Waals surface area contributed by atoms with Crippen molar-refractivity contribution in [2.24, 2.45) is 5.73 Å². The fraction of sp³-hybridized carbons (Fsp3) is 0.467. The fourth-order valence-corrected chi connectivity index (χ4v) is 1.79. The van der Waals surface area contributed by atoms with Crippen LogP contribution in [0, 0.1) is 5.82 Å². The third kappa shape index (κ3) is 8.49. The number of hydrogen-bond donors (Lipinski definition) is 3. The molecular formula is C15H23ClFN3O3. The Labute approximate surface area is 141 Å². The number of benzene rings is 1. The van der Waals surface area contributed by atoms with Crippen molar-refractivity contribution in [3.05, 3.63) is 35.6 Å². The zero-order chi connectivity index (χ0) is 16.4. The normalized spacial score (nSPS) is 11.3. The van der Waals surface area contributed by atoms with Crippen molar-refractivity contribution in [2.75, 3.05) is 26.7 Å². The van der Waals surface area contributed by atoms with E-state index in [1.807, 2.05) is 0 Å². The zero-order valence-corrected chi connectivity index (χ0v) is 13.8. The van der Waals surface area contributed by atoms with Gasteiger partial charge in [0.05, 0.1) is 12.5 Å². The molecule has 1 atom stereocenters. The van der Waals surface area contributed by atoms with Gasteiger partial charge in [0.15, 0.2) is 0 Å². The molecule has 0 radical (unpaired) electrons. The van der Waals surface area contributed by atoms with Crippen molar-refractivity contribution in [3.8, 4) is 0 Å². The van der Waals surface area contributed by atoms with Crippen LogP contribution < -0.4 is 16.4 Å². The monoisotopic (exact) mass is 347 g/mol. The molecule has 23 heavy (non-hydrogen) atoms. The number of rotatable bonds is 9. The van der Waals surface area contributed by atoms with Crippen molar-refractivity contribution >= 4 is 24.2 Å². The second-order valence-electron chi connectivity index (χ2n) is 4.77. The minimum Gasteiger partial charge on any atom is -0.380 e. The molecule has 1 rings (SSSR count). The quantitative estimate of drug-likeness (QED) is 0.577. The maximum absolute atomic E-state index is 13.0. The Morgan fingerprint density at radius 3 is 2.61 bits per heavy atom. The van der Waals surface area contributed by atoms with E-state index in [2.05, 4.69) is 10.6 Å². The molecule has 0 aliphatic rings. The Morgan fingerprint density at radius 1 is 1.30 bits per heavy atom. The van der Waals surface area contributed by atoms with Gasteiger partial charge >= 0.3 is 0 Å². The highest BCUT2D eigenvalue weighted by Crippen LogP contribution is 2.02. The maximum Gasteiger partial charge on any atom is 0.251 e. The number of nitrogens with one attached hydrogen (secondary N) is 2. The summed E-state index contributed by atoms with van der Waals surface area (Å²) in [5.74, 6) is -0.935. The first kappa shape index (κ1) is 21.3. The predicted octanol–water partition coefficient (Wildman–Crippen LogP) is 0.847. The van der Waals surface area contributed by atoms with Crippen LogP contribution in [0.15, 0.2) is 24.3 Å². The van der Waals surface area contributed by atoms with Crippen LogP contribution in [0.3, 0.4) is 0 Å². The van der Waals surface area contributed by atoms with Crippen molar-refractivity contribution in [1.82, 2.24) is 10.6 Å². The average Bonchev–Trinajstić information content (AvgIpc) is 2.52. The predicted molar refractivity (Wildman–Crippen MR) is 88.1 cm³/mol. The van der Waals surface area contributed by atoms with Gasteiger partial charge in [-0.2, -0.15) is 0 Å². The Balaban J connectivity index is 0.00000484. The molecule has 8 heteroatoms. The summed E-state index contributed by atoms with van der Waals surface area (Å²) in [6.07, 6.45) is 0.503. The van der Waals surface area contributed by atoms with Crippen LogP contribution in [0.5, 0.6) is 0 Å². The SMILES string of the molecule is COC(CN)CC(=O)NCCCNC(=O)c1cccc(F)c1.Cl. The summed E-state index contributed by atoms with van der Waals surface area (Å²) in [5, 5.41) is 5.38. The van der Waals surface area contributed by atoms with Crippen molar-refractivity contribution in [2.45, 2.75) is 18.9 Å². The van der Waals surface area contributed by atoms with Crippen LogP contribution in [0.4, 0.5) is 4.39 Å². The minimum absolute atomic E-state index is 0. The van der Waals surface area contributed by atoms with Gasteiger partial charge in [0, 0.05) is 32.3 Å². The van der Waals surface area contributed by atoms with Crippen molar-refractivity contribution < 1.29 is 18.7 Å². The molecule has 2 amide bonds. The molecule has 0 saturated carbocycles. The second kappa shape index (κ2) is 11.8. The Kier molecular flexibility index (Phi) is 10.9. The first-order valence-corrected chi connectivity index (χ1v) is 7.10. The summed E-state index contributed by atoms with van der Waals surface area (Å²) in [7, 11) is 1.51. The Hall–Kier alpha value is -1.70. The third-order valence-electron chi connectivity index (χ3n) is 3.06. The smallest absolute Gasteiger partial charge is 0.251 e. The number of carbonyl (C=O) groups excluding carboxylic acids is 2. The molecule has 1 unspecified atom stereocenters. The molecule has 0 heterocycles. The van der Waals surface area contributed by atoms with E-state index in [4.69, 9.17) is 10.5 Å². The lowest BCUT2D eigenvalue weighted by molar-refractivity contribution is -0.123. The number of halogens is 2. The summed E-state index contributed by atoms with van der Waals surface area (Å²) in [6, 6.07) is 5.47. The van der Waals surface area contributed by atoms with E-state index in [-0.39, 0.29) is 48.9 Å². The molecule has 1 aromatic rings. The van der Waals surface area contributed by atoms with Gasteiger partial charge in [-0.25, -0.2) is 4.39 Å². The topological polar surface area (TPSA) is 93.4 Å². The van der Waals surface area contributed by atoms with Gasteiger partial charge < -0.3 is 21.1 Å². The number of amides is 2. The van der Waals surface area contributed by atoms with Crippen LogP contribution in [-0.4, -0.2) is 44.7 Å². The summed E-state index contributed by atoms with van der Waals surface area (Å²) in [5.41, 5.74) is 5.70. The maximum atomic E-state index is 13.0. The lowest BCUT2D eigenvalue weighted by atomic mass is 10.2. The van der Waals surface area contributed by atoms with Gasteiger partial charge in [0.1, 0.15) is 5.82 Å². The molecule has 4 N–H and O–H groups in total. The second-order valence-corrected chi connectivity index (χ2v) is 4.77. The summed E-state index contributed by atoms with van der Waals surface area (Å²) in [6.45, 7) is 1.11. The lowest BCUT2D eigenvalue weighted by Gasteiger charge is -2.12. The van der Waals surface area contributed by atoms with E-state index in [1.165, 1.54) is 31.4 Å². The lowest BCUT2D eigenvalue weighted by Crippen LogP contribution is -2.34. The van der Waals surface area contributed by atoms with Crippen LogP contribution in [0.2, 0.25) is 0 Å². The van der Waals surface area contributed by atoms with Gasteiger partial charge in [-0.3, -0.25) is 9.59 Å². The minimum atomic E-state index is -0.451. The van der Waals surface area contributed by atoms with E-state index < -0.39 is 5.82 Å². The Bertz CT molecular complexity index is 499. The molecule has 0 aromatic heterocycles. The average molecular weight is 348 g/mol. The molecule has 0 saturated heterocycles. The van der Waals surface area contributed by atoms with Crippen LogP contribution in [-0.2, 0) is 9.53 Å². The van der Waals surface area contributed by atoms with Crippen molar-refractivity contribution in [3.63, 3.8) is 0 Å². The van der Waals surface area contributed by atoms with Gasteiger partial charge in [-0.15, -0.1) is 12.4 Å². The van der Waals surface area contributed by atoms with E-state index in [0.717, 1.165) is 0 Å². The molecule has 0 aliphatic carbocycles. The fourth-order valence-electron chi connectivity index (χ4n) is 1.79. The van der Waals surface area contributed by atoms with Gasteiger partial charge in [0.25, 0.3) is 5.91 Å². The highest BCUT2D eigenvalue weighted by atomic mass is 35.5. The van der Waals surface area contributed by atoms with Crippen LogP contribution >= 0.6 is 12.4 Å². The van der Waals surface area contributed by atoms with Crippen LogP contribution in [0.1, 0.15) is 23.2 Å². The summed E-state index contributed by atoms with van der Waals surface area (Å²) >= 11 is 0. The molecule has 130 valence electrons. The number of nitrogens with two attached hydrogens (primary N) is 1. The van der Waals surface area contributed by atoms with E-state index >= 15 is 0 Å². The summed E-state index contributed by atoms with van der Waals surface area (Å²) < 4.78 is 18.0. The number of methoxy groups -OCH3 is 1. The molecule has 6 nitrogen and oxygen atoms in total. The number of ether oxygens (including phenoxy) is 1. The highest BCUT2D eigenvalue weighted by Gasteiger charge is 2.10. The Morgan fingerprint density at radius 2 is 2.00 bits per heavy atom. The molecule has 0 spiro atoms. The third-order valence-corrected chi connectivity index (χ3v) is 3.06. The standard InChI is InChI=1S/C15H22FN3O3.ClH/c1-22-13(10-17)9-14(20)18-6-3-7-19-15(21)11-4-2-5-12(16)8-11;/h2,4-5,8,13H,3,6-7,9-10,17H2,1H3,(H,18,20)(H,19,21);1H. The van der Waals surface area contributed by atoms with Gasteiger partial charge in [0.2, 0.25) is 5.91 Å². The van der Waals surface area contributed by atoms with Gasteiger partial charge in [-0.1, -0.05) is 6.07 Å². The van der Waals surface area contributed by atoms with E-state index in [0.29, 0.717) is 19.5 Å². The molecule has 0 bridgehead atoms. The van der Waals surface area contributed by atoms with E-state index in [1.54, 1.807) is 0 Å². The van der Waals surface area contributed by atoms with Crippen molar-refractivity contribution in [1.29, 1.82) is 0 Å². The van der Waals surface area contributed by atoms with Crippen LogP contribution in [0.25, 0.3) is 0 Å². The first-order valence-electron chi connectivity index (χ1n) is 7.10. The molecular weight excluding hydrogens is 325 g/mol. The first-order chi connectivity index (χ1) is 10.6. The largest absolute Gasteiger partial charge is 0.380 e. The number of carbonyl (C=O) groups is 2. The number of hydrogen-bond acceptors (Lipinski definition) is 4. The van der Waals surface area contributed by atoms with Gasteiger partial charge in [-0.05, 0) is 24.6 Å². The molecule has 1 aromatic carbocycles. The van der Waals surface area contributed by atoms with E-state index in [9.17, 15) is 14.0 Å². The molecule has 0 fully saturated rings. The zero-order valence-electron chi connectivity index (χ0n) is 13.0.